The second-order valence-electron chi connectivity index (χ2n) is 3.74. The van der Waals surface area contributed by atoms with Crippen LogP contribution in [0.5, 0.6) is 5.75 Å². The van der Waals surface area contributed by atoms with Crippen LogP contribution in [-0.2, 0) is 0 Å². The third-order valence-corrected chi connectivity index (χ3v) is 2.79. The van der Waals surface area contributed by atoms with Gasteiger partial charge in [-0.15, -0.1) is 0 Å². The van der Waals surface area contributed by atoms with Crippen molar-refractivity contribution in [3.63, 3.8) is 0 Å². The van der Waals surface area contributed by atoms with E-state index < -0.39 is 34.0 Å². The summed E-state index contributed by atoms with van der Waals surface area (Å²) in [6.07, 6.45) is 0.879. The zero-order valence-electron chi connectivity index (χ0n) is 9.67. The number of rotatable bonds is 2. The minimum atomic E-state index is -1.73. The summed E-state index contributed by atoms with van der Waals surface area (Å²) >= 11 is 5.08. The number of hydrogen-bond acceptors (Lipinski definition) is 2. The highest BCUT2D eigenvalue weighted by atomic mass is 35.5. The predicted molar refractivity (Wildman–Crippen MR) is 66.6 cm³/mol. The van der Waals surface area contributed by atoms with E-state index in [2.05, 4.69) is 4.99 Å². The smallest absolute Gasteiger partial charge is 0.189 e. The SMILES string of the molecule is Oc1ccccc1C=Nc1c(F)c(F)c(Cl)c(F)c1F. The molecule has 0 saturated carbocycles. The molecule has 2 rings (SSSR count). The molecule has 0 unspecified atom stereocenters. The minimum Gasteiger partial charge on any atom is -0.507 e. The van der Waals surface area contributed by atoms with Crippen LogP contribution >= 0.6 is 11.6 Å². The first-order valence-corrected chi connectivity index (χ1v) is 5.64. The lowest BCUT2D eigenvalue weighted by Crippen LogP contribution is -1.97. The van der Waals surface area contributed by atoms with Crippen molar-refractivity contribution >= 4 is 23.5 Å². The quantitative estimate of drug-likeness (QED) is 0.380. The average Bonchev–Trinajstić information content (AvgIpc) is 2.45. The van der Waals surface area contributed by atoms with E-state index in [1.165, 1.54) is 24.3 Å². The van der Waals surface area contributed by atoms with Gasteiger partial charge in [-0.1, -0.05) is 23.7 Å². The summed E-state index contributed by atoms with van der Waals surface area (Å²) in [6, 6.07) is 5.78. The van der Waals surface area contributed by atoms with Gasteiger partial charge in [-0.2, -0.15) is 0 Å². The molecule has 104 valence electrons. The predicted octanol–water partition coefficient (Wildman–Crippen LogP) is 4.35. The van der Waals surface area contributed by atoms with E-state index in [9.17, 15) is 22.7 Å². The molecule has 0 spiro atoms. The first-order valence-electron chi connectivity index (χ1n) is 5.27. The summed E-state index contributed by atoms with van der Waals surface area (Å²) in [5.74, 6) is -7.07. The fourth-order valence-corrected chi connectivity index (χ4v) is 1.60. The number of para-hydroxylation sites is 1. The van der Waals surface area contributed by atoms with Crippen LogP contribution in [0.3, 0.4) is 0 Å². The number of hydrogen-bond donors (Lipinski definition) is 1. The van der Waals surface area contributed by atoms with Gasteiger partial charge in [0.05, 0.1) is 0 Å². The molecule has 0 radical (unpaired) electrons. The lowest BCUT2D eigenvalue weighted by molar-refractivity contribution is 0.458. The Hall–Kier alpha value is -2.08. The maximum absolute atomic E-state index is 13.5. The van der Waals surface area contributed by atoms with Crippen molar-refractivity contribution in [2.45, 2.75) is 0 Å². The van der Waals surface area contributed by atoms with Gasteiger partial charge in [0.15, 0.2) is 23.3 Å². The number of nitrogens with zero attached hydrogens (tertiary/aromatic N) is 1. The fraction of sp³-hybridized carbons (Fsp3) is 0. The molecular weight excluding hydrogens is 298 g/mol. The maximum Gasteiger partial charge on any atom is 0.189 e. The van der Waals surface area contributed by atoms with Gasteiger partial charge in [0.25, 0.3) is 0 Å². The van der Waals surface area contributed by atoms with Gasteiger partial charge in [-0.05, 0) is 12.1 Å². The molecule has 2 aromatic rings. The molecular formula is C13H6ClF4NO. The first-order chi connectivity index (χ1) is 9.43. The third-order valence-electron chi connectivity index (χ3n) is 2.46. The van der Waals surface area contributed by atoms with Crippen molar-refractivity contribution in [1.29, 1.82) is 0 Å². The highest BCUT2D eigenvalue weighted by Gasteiger charge is 2.23. The molecule has 0 aromatic heterocycles. The van der Waals surface area contributed by atoms with Crippen LogP contribution in [-0.4, -0.2) is 11.3 Å². The van der Waals surface area contributed by atoms with Gasteiger partial charge in [-0.25, -0.2) is 22.6 Å². The Morgan fingerprint density at radius 2 is 1.50 bits per heavy atom. The summed E-state index contributed by atoms with van der Waals surface area (Å²) in [5, 5.41) is 8.16. The molecule has 0 fully saturated rings. The molecule has 0 amide bonds. The topological polar surface area (TPSA) is 32.6 Å². The van der Waals surface area contributed by atoms with E-state index >= 15 is 0 Å². The summed E-state index contributed by atoms with van der Waals surface area (Å²) in [4.78, 5) is 3.33. The maximum atomic E-state index is 13.5. The van der Waals surface area contributed by atoms with Gasteiger partial charge in [0.2, 0.25) is 0 Å². The highest BCUT2D eigenvalue weighted by Crippen LogP contribution is 2.32. The minimum absolute atomic E-state index is 0.127. The third kappa shape index (κ3) is 2.46. The number of halogens is 5. The van der Waals surface area contributed by atoms with E-state index in [1.807, 2.05) is 0 Å². The second-order valence-corrected chi connectivity index (χ2v) is 4.11. The number of phenols is 1. The molecule has 0 aliphatic rings. The molecule has 0 aliphatic carbocycles. The molecule has 0 atom stereocenters. The van der Waals surface area contributed by atoms with E-state index in [0.717, 1.165) is 6.21 Å². The molecule has 20 heavy (non-hydrogen) atoms. The Morgan fingerprint density at radius 3 is 2.05 bits per heavy atom. The van der Waals surface area contributed by atoms with E-state index in [1.54, 1.807) is 0 Å². The lowest BCUT2D eigenvalue weighted by Gasteiger charge is -2.04. The number of benzene rings is 2. The normalized spacial score (nSPS) is 11.2. The van der Waals surface area contributed by atoms with Crippen LogP contribution in [0.4, 0.5) is 23.2 Å². The summed E-state index contributed by atoms with van der Waals surface area (Å²) < 4.78 is 53.3. The van der Waals surface area contributed by atoms with Gasteiger partial charge in [-0.3, -0.25) is 0 Å². The van der Waals surface area contributed by atoms with Crippen LogP contribution in [0.25, 0.3) is 0 Å². The van der Waals surface area contributed by atoms with Crippen LogP contribution in [0, 0.1) is 23.3 Å². The largest absolute Gasteiger partial charge is 0.507 e. The Morgan fingerprint density at radius 1 is 0.950 bits per heavy atom. The number of phenolic OH excluding ortho intramolecular Hbond substituents is 1. The molecule has 2 aromatic carbocycles. The van der Waals surface area contributed by atoms with Crippen LogP contribution in [0.2, 0.25) is 5.02 Å². The Bertz CT molecular complexity index is 674. The van der Waals surface area contributed by atoms with Crippen molar-refractivity contribution in [3.8, 4) is 5.75 Å². The van der Waals surface area contributed by atoms with E-state index in [4.69, 9.17) is 11.6 Å². The summed E-state index contributed by atoms with van der Waals surface area (Å²) in [5.41, 5.74) is -1.03. The second kappa shape index (κ2) is 5.50. The summed E-state index contributed by atoms with van der Waals surface area (Å²) in [7, 11) is 0. The standard InChI is InChI=1S/C13H6ClF4NO/c14-8-9(15)11(17)13(12(18)10(8)16)19-5-6-3-1-2-4-7(6)20/h1-5,20H. The van der Waals surface area contributed by atoms with Crippen molar-refractivity contribution < 1.29 is 22.7 Å². The highest BCUT2D eigenvalue weighted by molar-refractivity contribution is 6.31. The Balaban J connectivity index is 2.53. The fourth-order valence-electron chi connectivity index (χ4n) is 1.44. The van der Waals surface area contributed by atoms with Crippen molar-refractivity contribution in [2.75, 3.05) is 0 Å². The molecule has 7 heteroatoms. The summed E-state index contributed by atoms with van der Waals surface area (Å²) in [6.45, 7) is 0. The van der Waals surface area contributed by atoms with E-state index in [-0.39, 0.29) is 11.3 Å². The van der Waals surface area contributed by atoms with Crippen molar-refractivity contribution in [1.82, 2.24) is 0 Å². The number of aromatic hydroxyl groups is 1. The van der Waals surface area contributed by atoms with Crippen LogP contribution in [0.1, 0.15) is 5.56 Å². The molecule has 0 bridgehead atoms. The Kier molecular flexibility index (Phi) is 3.94. The van der Waals surface area contributed by atoms with Crippen LogP contribution < -0.4 is 0 Å². The molecule has 0 heterocycles. The molecule has 1 N–H and O–H groups in total. The first kappa shape index (κ1) is 14.3. The average molecular weight is 304 g/mol. The van der Waals surface area contributed by atoms with Crippen molar-refractivity contribution in [3.05, 3.63) is 58.1 Å². The zero-order chi connectivity index (χ0) is 14.9. The van der Waals surface area contributed by atoms with Gasteiger partial charge in [0.1, 0.15) is 16.5 Å². The Labute approximate surface area is 116 Å². The van der Waals surface area contributed by atoms with Gasteiger partial charge >= 0.3 is 0 Å². The van der Waals surface area contributed by atoms with Gasteiger partial charge in [0, 0.05) is 11.8 Å². The van der Waals surface area contributed by atoms with E-state index in [0.29, 0.717) is 0 Å². The molecule has 2 nitrogen and oxygen atoms in total. The monoisotopic (exact) mass is 303 g/mol. The van der Waals surface area contributed by atoms with Crippen molar-refractivity contribution in [2.24, 2.45) is 4.99 Å². The van der Waals surface area contributed by atoms with Crippen LogP contribution in [0.15, 0.2) is 29.3 Å². The zero-order valence-corrected chi connectivity index (χ0v) is 10.4. The molecule has 0 aliphatic heterocycles. The van der Waals surface area contributed by atoms with Gasteiger partial charge < -0.3 is 5.11 Å². The lowest BCUT2D eigenvalue weighted by atomic mass is 10.2. The molecule has 0 saturated heterocycles. The number of aliphatic imine (C=N–C) groups is 1.